The summed E-state index contributed by atoms with van der Waals surface area (Å²) in [4.78, 5) is 11.6. The third-order valence-corrected chi connectivity index (χ3v) is 1.17. The van der Waals surface area contributed by atoms with Gasteiger partial charge in [-0.15, -0.1) is 0 Å². The van der Waals surface area contributed by atoms with Crippen molar-refractivity contribution in [3.8, 4) is 12.1 Å². The Morgan fingerprint density at radius 3 is 1.91 bits per heavy atom. The van der Waals surface area contributed by atoms with Crippen molar-refractivity contribution in [2.24, 2.45) is 0 Å². The molecule has 0 aromatic rings. The molecular weight excluding hydrogens is 142 g/mol. The number of hydrogen-bond acceptors (Lipinski definition) is 3. The fourth-order valence-corrected chi connectivity index (χ4v) is 0.604. The van der Waals surface area contributed by atoms with Gasteiger partial charge in [0.05, 0.1) is 25.0 Å². The van der Waals surface area contributed by atoms with Crippen LogP contribution in [0, 0.1) is 22.7 Å². The molecule has 1 amide bonds. The number of carbonyl (C=O) groups excluding carboxylic acids is 1. The van der Waals surface area contributed by atoms with Gasteiger partial charge in [-0.2, -0.15) is 10.5 Å². The molecule has 11 heavy (non-hydrogen) atoms. The van der Waals surface area contributed by atoms with Gasteiger partial charge in [0, 0.05) is 13.1 Å². The summed E-state index contributed by atoms with van der Waals surface area (Å²) in [7, 11) is 0. The van der Waals surface area contributed by atoms with Gasteiger partial charge in [0.1, 0.15) is 0 Å². The molecule has 0 aromatic heterocycles. The summed E-state index contributed by atoms with van der Waals surface area (Å²) < 4.78 is 0. The Hall–Kier alpha value is -1.55. The van der Waals surface area contributed by atoms with Crippen molar-refractivity contribution >= 4 is 6.41 Å². The van der Waals surface area contributed by atoms with Crippen molar-refractivity contribution in [2.75, 3.05) is 13.1 Å². The summed E-state index contributed by atoms with van der Waals surface area (Å²) in [6, 6.07) is 3.85. The largest absolute Gasteiger partial charge is 0.343 e. The normalized spacial score (nSPS) is 7.82. The molecule has 4 heteroatoms. The van der Waals surface area contributed by atoms with Crippen LogP contribution < -0.4 is 0 Å². The van der Waals surface area contributed by atoms with Gasteiger partial charge in [0.25, 0.3) is 0 Å². The lowest BCUT2D eigenvalue weighted by Crippen LogP contribution is -2.23. The maximum absolute atomic E-state index is 10.2. The highest BCUT2D eigenvalue weighted by atomic mass is 16.1. The van der Waals surface area contributed by atoms with Crippen molar-refractivity contribution in [2.45, 2.75) is 12.8 Å². The van der Waals surface area contributed by atoms with Gasteiger partial charge in [0.15, 0.2) is 0 Å². The van der Waals surface area contributed by atoms with Crippen LogP contribution >= 0.6 is 0 Å². The van der Waals surface area contributed by atoms with E-state index in [9.17, 15) is 4.79 Å². The number of amides is 1. The lowest BCUT2D eigenvalue weighted by Gasteiger charge is -2.12. The zero-order chi connectivity index (χ0) is 8.53. The summed E-state index contributed by atoms with van der Waals surface area (Å²) >= 11 is 0. The van der Waals surface area contributed by atoms with E-state index < -0.39 is 0 Å². The van der Waals surface area contributed by atoms with Gasteiger partial charge in [-0.3, -0.25) is 4.79 Å². The highest BCUT2D eigenvalue weighted by Crippen LogP contribution is 1.88. The van der Waals surface area contributed by atoms with E-state index in [1.54, 1.807) is 0 Å². The molecule has 0 atom stereocenters. The van der Waals surface area contributed by atoms with Crippen LogP contribution in [0.25, 0.3) is 0 Å². The monoisotopic (exact) mass is 151 g/mol. The molecule has 4 nitrogen and oxygen atoms in total. The molecule has 58 valence electrons. The van der Waals surface area contributed by atoms with Crippen LogP contribution in [0.15, 0.2) is 0 Å². The highest BCUT2D eigenvalue weighted by molar-refractivity contribution is 5.46. The Morgan fingerprint density at radius 2 is 1.64 bits per heavy atom. The van der Waals surface area contributed by atoms with Crippen LogP contribution in [0.4, 0.5) is 0 Å². The molecule has 0 bridgehead atoms. The zero-order valence-corrected chi connectivity index (χ0v) is 6.16. The molecule has 0 spiro atoms. The first-order valence-electron chi connectivity index (χ1n) is 3.28. The van der Waals surface area contributed by atoms with Crippen molar-refractivity contribution < 1.29 is 4.79 Å². The van der Waals surface area contributed by atoms with Gasteiger partial charge in [0.2, 0.25) is 6.41 Å². The minimum absolute atomic E-state index is 0.324. The smallest absolute Gasteiger partial charge is 0.209 e. The first-order chi connectivity index (χ1) is 5.35. The van der Waals surface area contributed by atoms with E-state index in [1.165, 1.54) is 4.90 Å². The summed E-state index contributed by atoms with van der Waals surface area (Å²) in [6.45, 7) is 0.837. The first kappa shape index (κ1) is 9.45. The number of carbonyl (C=O) groups is 1. The fourth-order valence-electron chi connectivity index (χ4n) is 0.604. The molecule has 0 aliphatic carbocycles. The van der Waals surface area contributed by atoms with E-state index in [1.807, 2.05) is 12.1 Å². The molecule has 0 saturated heterocycles. The molecule has 0 unspecified atom stereocenters. The Labute approximate surface area is 65.6 Å². The number of rotatable bonds is 5. The number of hydrogen-bond donors (Lipinski definition) is 0. The topological polar surface area (TPSA) is 67.9 Å². The van der Waals surface area contributed by atoms with E-state index >= 15 is 0 Å². The second-order valence-electron chi connectivity index (χ2n) is 1.96. The summed E-state index contributed by atoms with van der Waals surface area (Å²) in [6.07, 6.45) is 1.31. The van der Waals surface area contributed by atoms with E-state index in [0.29, 0.717) is 32.3 Å². The lowest BCUT2D eigenvalue weighted by molar-refractivity contribution is -0.118. The highest BCUT2D eigenvalue weighted by Gasteiger charge is 1.98. The third-order valence-electron chi connectivity index (χ3n) is 1.17. The van der Waals surface area contributed by atoms with E-state index in [0.717, 1.165) is 0 Å². The molecule has 0 radical (unpaired) electrons. The third kappa shape index (κ3) is 4.92. The Bertz CT molecular complexity index is 171. The van der Waals surface area contributed by atoms with Crippen LogP contribution in [0.1, 0.15) is 12.8 Å². The second-order valence-corrected chi connectivity index (χ2v) is 1.96. The molecule has 0 aliphatic rings. The molecule has 0 aliphatic heterocycles. The SMILES string of the molecule is N#CCCN(C=O)CCC#N. The van der Waals surface area contributed by atoms with Gasteiger partial charge in [-0.25, -0.2) is 0 Å². The quantitative estimate of drug-likeness (QED) is 0.529. The molecule has 0 rings (SSSR count). The van der Waals surface area contributed by atoms with Crippen LogP contribution in [0.2, 0.25) is 0 Å². The van der Waals surface area contributed by atoms with Crippen molar-refractivity contribution in [1.82, 2.24) is 4.90 Å². The zero-order valence-electron chi connectivity index (χ0n) is 6.16. The van der Waals surface area contributed by atoms with Crippen LogP contribution in [0.5, 0.6) is 0 Å². The molecular formula is C7H9N3O. The average Bonchev–Trinajstić information content (AvgIpc) is 2.05. The fraction of sp³-hybridized carbons (Fsp3) is 0.571. The second kappa shape index (κ2) is 6.57. The number of nitriles is 2. The Kier molecular flexibility index (Phi) is 5.64. The van der Waals surface area contributed by atoms with Crippen LogP contribution in [-0.2, 0) is 4.79 Å². The minimum Gasteiger partial charge on any atom is -0.343 e. The first-order valence-corrected chi connectivity index (χ1v) is 3.28. The maximum atomic E-state index is 10.2. The average molecular weight is 151 g/mol. The predicted molar refractivity (Wildman–Crippen MR) is 38.1 cm³/mol. The Balaban J connectivity index is 3.52. The summed E-state index contributed by atoms with van der Waals surface area (Å²) in [5.74, 6) is 0. The van der Waals surface area contributed by atoms with Crippen LogP contribution in [-0.4, -0.2) is 24.4 Å². The summed E-state index contributed by atoms with van der Waals surface area (Å²) in [5, 5.41) is 16.4. The lowest BCUT2D eigenvalue weighted by atomic mass is 10.4. The van der Waals surface area contributed by atoms with Crippen LogP contribution in [0.3, 0.4) is 0 Å². The summed E-state index contributed by atoms with van der Waals surface area (Å²) in [5.41, 5.74) is 0. The molecule has 0 N–H and O–H groups in total. The maximum Gasteiger partial charge on any atom is 0.209 e. The molecule has 0 heterocycles. The van der Waals surface area contributed by atoms with E-state index in [-0.39, 0.29) is 0 Å². The van der Waals surface area contributed by atoms with Gasteiger partial charge in [-0.1, -0.05) is 0 Å². The van der Waals surface area contributed by atoms with Crippen molar-refractivity contribution in [3.63, 3.8) is 0 Å². The molecule has 0 fully saturated rings. The number of nitrogens with zero attached hydrogens (tertiary/aromatic N) is 3. The van der Waals surface area contributed by atoms with Gasteiger partial charge < -0.3 is 4.90 Å². The predicted octanol–water partition coefficient (Wildman–Crippen LogP) is 0.272. The minimum atomic E-state index is 0.324. The van der Waals surface area contributed by atoms with Gasteiger partial charge in [-0.05, 0) is 0 Å². The molecule has 0 saturated carbocycles. The standard InChI is InChI=1S/C7H9N3O/c8-3-1-5-10(7-11)6-2-4-9/h7H,1-2,5-6H2. The van der Waals surface area contributed by atoms with Crippen molar-refractivity contribution in [1.29, 1.82) is 10.5 Å². The van der Waals surface area contributed by atoms with E-state index in [2.05, 4.69) is 0 Å². The van der Waals surface area contributed by atoms with Crippen molar-refractivity contribution in [3.05, 3.63) is 0 Å². The van der Waals surface area contributed by atoms with E-state index in [4.69, 9.17) is 10.5 Å². The Morgan fingerprint density at radius 1 is 1.18 bits per heavy atom. The molecule has 0 aromatic carbocycles. The van der Waals surface area contributed by atoms with Gasteiger partial charge >= 0.3 is 0 Å².